The fourth-order valence-corrected chi connectivity index (χ4v) is 1.59. The van der Waals surface area contributed by atoms with Gasteiger partial charge in [-0.05, 0) is 18.2 Å². The monoisotopic (exact) mass is 246 g/mol. The molecule has 0 radical (unpaired) electrons. The lowest BCUT2D eigenvalue weighted by molar-refractivity contribution is 0.0783. The Morgan fingerprint density at radius 2 is 2.22 bits per heavy atom. The van der Waals surface area contributed by atoms with Crippen LogP contribution in [-0.2, 0) is 6.54 Å². The van der Waals surface area contributed by atoms with Crippen LogP contribution in [0.2, 0.25) is 0 Å². The highest BCUT2D eigenvalue weighted by Crippen LogP contribution is 2.17. The van der Waals surface area contributed by atoms with Gasteiger partial charge in [-0.3, -0.25) is 9.89 Å². The van der Waals surface area contributed by atoms with Crippen molar-refractivity contribution in [3.05, 3.63) is 35.9 Å². The van der Waals surface area contributed by atoms with Crippen molar-refractivity contribution in [2.75, 3.05) is 18.5 Å². The van der Waals surface area contributed by atoms with Crippen LogP contribution in [0.1, 0.15) is 16.2 Å². The lowest BCUT2D eigenvalue weighted by Crippen LogP contribution is -2.27. The molecule has 5 N–H and O–H groups in total. The van der Waals surface area contributed by atoms with E-state index in [0.29, 0.717) is 29.3 Å². The summed E-state index contributed by atoms with van der Waals surface area (Å²) in [6.45, 7) is 0.336. The van der Waals surface area contributed by atoms with Crippen LogP contribution in [0.5, 0.6) is 0 Å². The number of anilines is 2. The first-order valence-corrected chi connectivity index (χ1v) is 5.32. The van der Waals surface area contributed by atoms with Gasteiger partial charge in [-0.2, -0.15) is 5.10 Å². The maximum atomic E-state index is 12.1. The molecule has 0 aliphatic carbocycles. The average molecular weight is 246 g/mol. The standard InChI is InChI=1S/C11H14N6O/c1-17(5-10-14-6-15-16-10)11(18)8-3-2-7(12)4-9(8)13/h2-4,6H,5,12-13H2,1H3,(H,14,15,16). The summed E-state index contributed by atoms with van der Waals surface area (Å²) in [7, 11) is 1.67. The summed E-state index contributed by atoms with van der Waals surface area (Å²) in [5.74, 6) is 0.420. The van der Waals surface area contributed by atoms with Gasteiger partial charge in [-0.25, -0.2) is 4.98 Å². The molecule has 18 heavy (non-hydrogen) atoms. The molecule has 0 bridgehead atoms. The average Bonchev–Trinajstić information content (AvgIpc) is 2.81. The quantitative estimate of drug-likeness (QED) is 0.671. The van der Waals surface area contributed by atoms with Crippen molar-refractivity contribution in [3.63, 3.8) is 0 Å². The first kappa shape index (κ1) is 11.9. The highest BCUT2D eigenvalue weighted by Gasteiger charge is 2.15. The smallest absolute Gasteiger partial charge is 0.256 e. The Balaban J connectivity index is 2.15. The van der Waals surface area contributed by atoms with Gasteiger partial charge in [0.25, 0.3) is 5.91 Å². The number of nitrogens with zero attached hydrogens (tertiary/aromatic N) is 3. The molecule has 94 valence electrons. The van der Waals surface area contributed by atoms with Crippen LogP contribution in [0.25, 0.3) is 0 Å². The molecule has 1 aromatic heterocycles. The minimum atomic E-state index is -0.191. The molecule has 0 unspecified atom stereocenters. The van der Waals surface area contributed by atoms with Crippen molar-refractivity contribution in [2.24, 2.45) is 0 Å². The van der Waals surface area contributed by atoms with Crippen molar-refractivity contribution in [3.8, 4) is 0 Å². The molecule has 0 saturated carbocycles. The van der Waals surface area contributed by atoms with E-state index in [2.05, 4.69) is 15.2 Å². The second-order valence-electron chi connectivity index (χ2n) is 3.94. The summed E-state index contributed by atoms with van der Waals surface area (Å²) >= 11 is 0. The molecule has 2 aromatic rings. The van der Waals surface area contributed by atoms with Crippen LogP contribution in [-0.4, -0.2) is 33.0 Å². The number of amides is 1. The minimum absolute atomic E-state index is 0.191. The number of rotatable bonds is 3. The van der Waals surface area contributed by atoms with Gasteiger partial charge >= 0.3 is 0 Å². The number of carbonyl (C=O) groups is 1. The molecule has 1 amide bonds. The normalized spacial score (nSPS) is 10.3. The number of aromatic amines is 1. The lowest BCUT2D eigenvalue weighted by atomic mass is 10.1. The van der Waals surface area contributed by atoms with Gasteiger partial charge in [0.05, 0.1) is 12.1 Å². The predicted molar refractivity (Wildman–Crippen MR) is 67.4 cm³/mol. The Morgan fingerprint density at radius 3 is 2.83 bits per heavy atom. The predicted octanol–water partition coefficient (Wildman–Crippen LogP) is 0.241. The number of hydrogen-bond donors (Lipinski definition) is 3. The Labute approximate surface area is 104 Å². The van der Waals surface area contributed by atoms with Crippen LogP contribution in [0, 0.1) is 0 Å². The third kappa shape index (κ3) is 2.40. The Kier molecular flexibility index (Phi) is 3.13. The van der Waals surface area contributed by atoms with Gasteiger partial charge in [0.1, 0.15) is 12.2 Å². The van der Waals surface area contributed by atoms with E-state index >= 15 is 0 Å². The van der Waals surface area contributed by atoms with E-state index in [-0.39, 0.29) is 5.91 Å². The van der Waals surface area contributed by atoms with Crippen LogP contribution in [0.3, 0.4) is 0 Å². The number of carbonyl (C=O) groups excluding carboxylic acids is 1. The number of H-pyrrole nitrogens is 1. The topological polar surface area (TPSA) is 114 Å². The zero-order valence-corrected chi connectivity index (χ0v) is 9.92. The highest BCUT2D eigenvalue weighted by atomic mass is 16.2. The Morgan fingerprint density at radius 1 is 1.44 bits per heavy atom. The van der Waals surface area contributed by atoms with E-state index in [1.807, 2.05) is 0 Å². The van der Waals surface area contributed by atoms with Gasteiger partial charge in [-0.1, -0.05) is 0 Å². The molecule has 0 spiro atoms. The third-order valence-corrected chi connectivity index (χ3v) is 2.50. The molecule has 7 heteroatoms. The Hall–Kier alpha value is -2.57. The van der Waals surface area contributed by atoms with E-state index in [0.717, 1.165) is 0 Å². The zero-order chi connectivity index (χ0) is 13.1. The van der Waals surface area contributed by atoms with Gasteiger partial charge in [0.15, 0.2) is 0 Å². The molecule has 0 aliphatic heterocycles. The van der Waals surface area contributed by atoms with E-state index in [9.17, 15) is 4.79 Å². The van der Waals surface area contributed by atoms with Crippen LogP contribution < -0.4 is 11.5 Å². The SMILES string of the molecule is CN(Cc1ncn[nH]1)C(=O)c1ccc(N)cc1N. The Bertz CT molecular complexity index is 551. The van der Waals surface area contributed by atoms with Crippen LogP contribution >= 0.6 is 0 Å². The highest BCUT2D eigenvalue weighted by molar-refractivity contribution is 5.99. The van der Waals surface area contributed by atoms with Gasteiger partial charge in [-0.15, -0.1) is 0 Å². The van der Waals surface area contributed by atoms with Gasteiger partial charge in [0, 0.05) is 18.4 Å². The van der Waals surface area contributed by atoms with E-state index in [1.54, 1.807) is 25.2 Å². The largest absolute Gasteiger partial charge is 0.399 e. The number of benzene rings is 1. The first-order valence-electron chi connectivity index (χ1n) is 5.32. The summed E-state index contributed by atoms with van der Waals surface area (Å²) in [5.41, 5.74) is 12.7. The fraction of sp³-hybridized carbons (Fsp3) is 0.182. The molecule has 2 rings (SSSR count). The number of nitrogens with one attached hydrogen (secondary N) is 1. The summed E-state index contributed by atoms with van der Waals surface area (Å²) in [5, 5.41) is 6.41. The molecule has 0 fully saturated rings. The van der Waals surface area contributed by atoms with Crippen molar-refractivity contribution in [2.45, 2.75) is 6.54 Å². The first-order chi connectivity index (χ1) is 8.58. The third-order valence-electron chi connectivity index (χ3n) is 2.50. The maximum absolute atomic E-state index is 12.1. The van der Waals surface area contributed by atoms with Crippen molar-refractivity contribution in [1.82, 2.24) is 20.1 Å². The summed E-state index contributed by atoms with van der Waals surface area (Å²) in [4.78, 5) is 17.6. The molecule has 0 atom stereocenters. The minimum Gasteiger partial charge on any atom is -0.399 e. The second kappa shape index (κ2) is 4.74. The van der Waals surface area contributed by atoms with E-state index in [4.69, 9.17) is 11.5 Å². The lowest BCUT2D eigenvalue weighted by Gasteiger charge is -2.16. The second-order valence-corrected chi connectivity index (χ2v) is 3.94. The molecule has 0 saturated heterocycles. The molecular formula is C11H14N6O. The molecular weight excluding hydrogens is 232 g/mol. The maximum Gasteiger partial charge on any atom is 0.256 e. The number of aromatic nitrogens is 3. The van der Waals surface area contributed by atoms with Gasteiger partial charge in [0.2, 0.25) is 0 Å². The summed E-state index contributed by atoms with van der Waals surface area (Å²) in [6.07, 6.45) is 1.39. The van der Waals surface area contributed by atoms with E-state index < -0.39 is 0 Å². The molecule has 1 heterocycles. The van der Waals surface area contributed by atoms with Crippen molar-refractivity contribution in [1.29, 1.82) is 0 Å². The van der Waals surface area contributed by atoms with Crippen LogP contribution in [0.4, 0.5) is 11.4 Å². The van der Waals surface area contributed by atoms with Crippen LogP contribution in [0.15, 0.2) is 24.5 Å². The van der Waals surface area contributed by atoms with Crippen molar-refractivity contribution < 1.29 is 4.79 Å². The molecule has 7 nitrogen and oxygen atoms in total. The van der Waals surface area contributed by atoms with Gasteiger partial charge < -0.3 is 16.4 Å². The molecule has 0 aliphatic rings. The number of nitrogen functional groups attached to an aromatic ring is 2. The molecule has 1 aromatic carbocycles. The number of nitrogens with two attached hydrogens (primary N) is 2. The fourth-order valence-electron chi connectivity index (χ4n) is 1.59. The van der Waals surface area contributed by atoms with Crippen molar-refractivity contribution >= 4 is 17.3 Å². The summed E-state index contributed by atoms with van der Waals surface area (Å²) in [6, 6.07) is 4.82. The summed E-state index contributed by atoms with van der Waals surface area (Å²) < 4.78 is 0. The number of hydrogen-bond acceptors (Lipinski definition) is 5. The van der Waals surface area contributed by atoms with E-state index in [1.165, 1.54) is 11.2 Å². The zero-order valence-electron chi connectivity index (χ0n) is 9.92.